The molecule has 0 amide bonds. The second-order valence-corrected chi connectivity index (χ2v) is 6.83. The lowest BCUT2D eigenvalue weighted by Gasteiger charge is -2.08. The van der Waals surface area contributed by atoms with E-state index in [2.05, 4.69) is 11.1 Å². The SMILES string of the molecule is COc1ccc(-c2csc(/C(C#N)=C/C=C/c3ccccc3[N+](=O)[O-])n2)cc1OC. The molecular formula is C22H17N3O4S. The van der Waals surface area contributed by atoms with E-state index in [0.29, 0.717) is 33.3 Å². The van der Waals surface area contributed by atoms with E-state index in [0.717, 1.165) is 5.56 Å². The minimum absolute atomic E-state index is 0.00523. The first-order valence-corrected chi connectivity index (χ1v) is 9.65. The summed E-state index contributed by atoms with van der Waals surface area (Å²) in [5, 5.41) is 23.0. The third-order valence-corrected chi connectivity index (χ3v) is 5.08. The Balaban J connectivity index is 1.87. The highest BCUT2D eigenvalue weighted by Crippen LogP contribution is 2.33. The van der Waals surface area contributed by atoms with Crippen LogP contribution < -0.4 is 9.47 Å². The van der Waals surface area contributed by atoms with Gasteiger partial charge in [0.2, 0.25) is 0 Å². The number of thiazole rings is 1. The summed E-state index contributed by atoms with van der Waals surface area (Å²) in [6, 6.07) is 14.0. The van der Waals surface area contributed by atoms with E-state index < -0.39 is 4.92 Å². The van der Waals surface area contributed by atoms with Crippen LogP contribution in [0.2, 0.25) is 0 Å². The molecular weight excluding hydrogens is 402 g/mol. The number of ether oxygens (including phenoxy) is 2. The number of hydrogen-bond acceptors (Lipinski definition) is 7. The van der Waals surface area contributed by atoms with Crippen LogP contribution in [0.25, 0.3) is 22.9 Å². The molecule has 150 valence electrons. The molecule has 0 radical (unpaired) electrons. The van der Waals surface area contributed by atoms with Crippen molar-refractivity contribution in [1.82, 2.24) is 4.98 Å². The molecule has 0 spiro atoms. The van der Waals surface area contributed by atoms with Crippen molar-refractivity contribution in [1.29, 1.82) is 5.26 Å². The minimum Gasteiger partial charge on any atom is -0.493 e. The van der Waals surface area contributed by atoms with Crippen molar-refractivity contribution in [3.63, 3.8) is 0 Å². The fourth-order valence-electron chi connectivity index (χ4n) is 2.72. The van der Waals surface area contributed by atoms with Crippen molar-refractivity contribution in [3.05, 3.63) is 80.7 Å². The highest BCUT2D eigenvalue weighted by molar-refractivity contribution is 7.11. The van der Waals surface area contributed by atoms with Gasteiger partial charge in [-0.3, -0.25) is 10.1 Å². The van der Waals surface area contributed by atoms with Gasteiger partial charge >= 0.3 is 0 Å². The normalized spacial score (nSPS) is 11.3. The van der Waals surface area contributed by atoms with Gasteiger partial charge in [0.05, 0.1) is 36.0 Å². The Hall–Kier alpha value is -3.96. The zero-order chi connectivity index (χ0) is 21.5. The number of para-hydroxylation sites is 1. The number of rotatable bonds is 7. The van der Waals surface area contributed by atoms with Gasteiger partial charge in [-0.25, -0.2) is 4.98 Å². The van der Waals surface area contributed by atoms with Crippen molar-refractivity contribution in [2.45, 2.75) is 0 Å². The number of allylic oxidation sites excluding steroid dienone is 3. The molecule has 7 nitrogen and oxygen atoms in total. The Morgan fingerprint density at radius 1 is 1.20 bits per heavy atom. The molecule has 0 aliphatic rings. The second kappa shape index (κ2) is 9.49. The van der Waals surface area contributed by atoms with Gasteiger partial charge in [0.15, 0.2) is 11.5 Å². The number of nitro groups is 1. The number of nitrogens with zero attached hydrogens (tertiary/aromatic N) is 3. The Morgan fingerprint density at radius 3 is 2.67 bits per heavy atom. The van der Waals surface area contributed by atoms with E-state index in [1.807, 2.05) is 17.5 Å². The average molecular weight is 419 g/mol. The van der Waals surface area contributed by atoms with Crippen LogP contribution in [0.5, 0.6) is 11.5 Å². The molecule has 0 bridgehead atoms. The van der Waals surface area contributed by atoms with Gasteiger partial charge in [-0.05, 0) is 36.4 Å². The number of hydrogen-bond donors (Lipinski definition) is 0. The first kappa shape index (κ1) is 20.8. The Morgan fingerprint density at radius 2 is 1.97 bits per heavy atom. The van der Waals surface area contributed by atoms with Crippen LogP contribution in [0.1, 0.15) is 10.6 Å². The quantitative estimate of drug-likeness (QED) is 0.221. The van der Waals surface area contributed by atoms with Crippen molar-refractivity contribution in [2.24, 2.45) is 0 Å². The van der Waals surface area contributed by atoms with Crippen LogP contribution in [0.4, 0.5) is 5.69 Å². The topological polar surface area (TPSA) is 98.3 Å². The summed E-state index contributed by atoms with van der Waals surface area (Å²) < 4.78 is 10.6. The van der Waals surface area contributed by atoms with Crippen LogP contribution in [0.15, 0.2) is 60.0 Å². The zero-order valence-corrected chi connectivity index (χ0v) is 17.1. The van der Waals surface area contributed by atoms with Crippen LogP contribution in [0.3, 0.4) is 0 Å². The molecule has 1 heterocycles. The fraction of sp³-hybridized carbons (Fsp3) is 0.0909. The molecule has 0 aliphatic heterocycles. The van der Waals surface area contributed by atoms with Gasteiger partial charge in [-0.2, -0.15) is 5.26 Å². The monoisotopic (exact) mass is 419 g/mol. The Bertz CT molecular complexity index is 1180. The average Bonchev–Trinajstić information content (AvgIpc) is 3.26. The first-order valence-electron chi connectivity index (χ1n) is 8.77. The summed E-state index contributed by atoms with van der Waals surface area (Å²) in [6.07, 6.45) is 4.80. The van der Waals surface area contributed by atoms with Gasteiger partial charge in [-0.1, -0.05) is 18.2 Å². The number of benzene rings is 2. The van der Waals surface area contributed by atoms with Gasteiger partial charge in [-0.15, -0.1) is 11.3 Å². The lowest BCUT2D eigenvalue weighted by atomic mass is 10.1. The maximum Gasteiger partial charge on any atom is 0.276 e. The van der Waals surface area contributed by atoms with Crippen molar-refractivity contribution >= 4 is 28.7 Å². The highest BCUT2D eigenvalue weighted by Gasteiger charge is 2.12. The lowest BCUT2D eigenvalue weighted by Crippen LogP contribution is -1.91. The van der Waals surface area contributed by atoms with Gasteiger partial charge in [0.25, 0.3) is 5.69 Å². The van der Waals surface area contributed by atoms with Crippen molar-refractivity contribution < 1.29 is 14.4 Å². The number of nitriles is 1. The molecule has 30 heavy (non-hydrogen) atoms. The molecule has 1 aromatic heterocycles. The van der Waals surface area contributed by atoms with E-state index >= 15 is 0 Å². The lowest BCUT2D eigenvalue weighted by molar-refractivity contribution is -0.385. The molecule has 0 N–H and O–H groups in total. The summed E-state index contributed by atoms with van der Waals surface area (Å²) in [5.74, 6) is 1.21. The minimum atomic E-state index is -0.440. The van der Waals surface area contributed by atoms with Crippen LogP contribution in [-0.4, -0.2) is 24.1 Å². The largest absolute Gasteiger partial charge is 0.493 e. The van der Waals surface area contributed by atoms with E-state index in [9.17, 15) is 15.4 Å². The van der Waals surface area contributed by atoms with E-state index in [1.165, 1.54) is 17.4 Å². The summed E-state index contributed by atoms with van der Waals surface area (Å²) in [7, 11) is 3.13. The molecule has 0 saturated heterocycles. The third kappa shape index (κ3) is 4.54. The van der Waals surface area contributed by atoms with Crippen LogP contribution >= 0.6 is 11.3 Å². The van der Waals surface area contributed by atoms with E-state index in [1.54, 1.807) is 56.7 Å². The molecule has 0 saturated carbocycles. The van der Waals surface area contributed by atoms with Crippen LogP contribution in [0, 0.1) is 21.4 Å². The predicted octanol–water partition coefficient (Wildman–Crippen LogP) is 5.36. The van der Waals surface area contributed by atoms with Gasteiger partial charge in [0, 0.05) is 17.0 Å². The Kier molecular flexibility index (Phi) is 6.57. The molecule has 2 aromatic carbocycles. The molecule has 0 fully saturated rings. The summed E-state index contributed by atoms with van der Waals surface area (Å²) in [5.41, 5.74) is 2.37. The smallest absolute Gasteiger partial charge is 0.276 e. The molecule has 0 aliphatic carbocycles. The number of aromatic nitrogens is 1. The predicted molar refractivity (Wildman–Crippen MR) is 116 cm³/mol. The van der Waals surface area contributed by atoms with E-state index in [-0.39, 0.29) is 5.69 Å². The van der Waals surface area contributed by atoms with Crippen molar-refractivity contribution in [3.8, 4) is 28.8 Å². The second-order valence-electron chi connectivity index (χ2n) is 5.97. The van der Waals surface area contributed by atoms with E-state index in [4.69, 9.17) is 9.47 Å². The Labute approximate surface area is 177 Å². The van der Waals surface area contributed by atoms with Gasteiger partial charge < -0.3 is 9.47 Å². The number of methoxy groups -OCH3 is 2. The fourth-order valence-corrected chi connectivity index (χ4v) is 3.53. The molecule has 3 rings (SSSR count). The van der Waals surface area contributed by atoms with Crippen molar-refractivity contribution in [2.75, 3.05) is 14.2 Å². The first-order chi connectivity index (χ1) is 14.6. The van der Waals surface area contributed by atoms with Gasteiger partial charge in [0.1, 0.15) is 11.1 Å². The number of nitro benzene ring substituents is 1. The molecule has 8 heteroatoms. The molecule has 3 aromatic rings. The molecule has 0 unspecified atom stereocenters. The summed E-state index contributed by atoms with van der Waals surface area (Å²) in [6.45, 7) is 0. The third-order valence-electron chi connectivity index (χ3n) is 4.21. The standard InChI is InChI=1S/C22H17N3O4S/c1-28-20-11-10-16(12-21(20)29-2)18-14-30-22(24-18)17(13-23)8-5-7-15-6-3-4-9-19(15)25(26)27/h3-12,14H,1-2H3/b7-5+,17-8+. The van der Waals surface area contributed by atoms with Crippen LogP contribution in [-0.2, 0) is 0 Å². The summed E-state index contributed by atoms with van der Waals surface area (Å²) in [4.78, 5) is 15.2. The summed E-state index contributed by atoms with van der Waals surface area (Å²) >= 11 is 1.34. The molecule has 0 atom stereocenters. The maximum atomic E-state index is 11.1. The zero-order valence-electron chi connectivity index (χ0n) is 16.2. The maximum absolute atomic E-state index is 11.1. The highest BCUT2D eigenvalue weighted by atomic mass is 32.1.